The van der Waals surface area contributed by atoms with E-state index < -0.39 is 12.0 Å². The number of ether oxygens (including phenoxy) is 1. The molecular weight excluding hydrogens is 286 g/mol. The van der Waals surface area contributed by atoms with Gasteiger partial charge >= 0.3 is 5.97 Å². The predicted octanol–water partition coefficient (Wildman–Crippen LogP) is 1.60. The average molecular weight is 305 g/mol. The monoisotopic (exact) mass is 305 g/mol. The lowest BCUT2D eigenvalue weighted by atomic mass is 9.99. The summed E-state index contributed by atoms with van der Waals surface area (Å²) < 4.78 is 6.44. The fraction of sp³-hybridized carbons (Fsp3) is 0.429. The summed E-state index contributed by atoms with van der Waals surface area (Å²) in [5.74, 6) is -0.179. The minimum absolute atomic E-state index is 0.115. The van der Waals surface area contributed by atoms with Crippen LogP contribution in [0.1, 0.15) is 26.3 Å². The van der Waals surface area contributed by atoms with Crippen LogP contribution in [0.15, 0.2) is 18.2 Å². The third-order valence-electron chi connectivity index (χ3n) is 3.68. The van der Waals surface area contributed by atoms with E-state index in [9.17, 15) is 9.90 Å². The lowest BCUT2D eigenvalue weighted by Gasteiger charge is -2.19. The summed E-state index contributed by atoms with van der Waals surface area (Å²) in [6, 6.07) is 4.27. The highest BCUT2D eigenvalue weighted by Crippen LogP contribution is 2.30. The molecule has 0 spiro atoms. The number of rotatable bonds is 6. The smallest absolute Gasteiger partial charge is 0.328 e. The van der Waals surface area contributed by atoms with Gasteiger partial charge in [-0.15, -0.1) is 5.10 Å². The minimum Gasteiger partial charge on any atom is -0.495 e. The Hall–Kier alpha value is -2.64. The molecule has 0 bridgehead atoms. The number of anilines is 1. The lowest BCUT2D eigenvalue weighted by Crippen LogP contribution is -2.27. The van der Waals surface area contributed by atoms with E-state index in [1.54, 1.807) is 18.2 Å². The maximum atomic E-state index is 11.6. The maximum Gasteiger partial charge on any atom is 0.328 e. The van der Waals surface area contributed by atoms with Crippen LogP contribution >= 0.6 is 0 Å². The number of tetrazole rings is 1. The summed E-state index contributed by atoms with van der Waals surface area (Å²) >= 11 is 0. The van der Waals surface area contributed by atoms with Crippen molar-refractivity contribution in [2.45, 2.75) is 26.3 Å². The fourth-order valence-corrected chi connectivity index (χ4v) is 2.26. The molecule has 2 rings (SSSR count). The van der Waals surface area contributed by atoms with E-state index in [2.05, 4.69) is 15.5 Å². The van der Waals surface area contributed by atoms with Crippen molar-refractivity contribution in [2.75, 3.05) is 12.8 Å². The van der Waals surface area contributed by atoms with Gasteiger partial charge < -0.3 is 15.6 Å². The molecule has 0 amide bonds. The number of carbonyl (C=O) groups is 1. The molecule has 22 heavy (non-hydrogen) atoms. The maximum absolute atomic E-state index is 11.6. The Morgan fingerprint density at radius 2 is 2.23 bits per heavy atom. The van der Waals surface area contributed by atoms with Crippen molar-refractivity contribution in [3.8, 4) is 17.1 Å². The van der Waals surface area contributed by atoms with E-state index in [0.29, 0.717) is 29.2 Å². The van der Waals surface area contributed by atoms with Crippen LogP contribution < -0.4 is 10.5 Å². The number of nitrogen functional groups attached to an aromatic ring is 1. The molecule has 1 aromatic heterocycles. The van der Waals surface area contributed by atoms with Gasteiger partial charge in [0.1, 0.15) is 5.75 Å². The summed E-state index contributed by atoms with van der Waals surface area (Å²) in [6.07, 6.45) is 0.695. The number of hydrogen-bond donors (Lipinski definition) is 2. The highest BCUT2D eigenvalue weighted by Gasteiger charge is 2.29. The SMILES string of the molecule is CCC(C)C(C(=O)O)n1nnnc1-c1ccc(OC)c(N)c1. The van der Waals surface area contributed by atoms with Crippen LogP contribution in [0, 0.1) is 5.92 Å². The van der Waals surface area contributed by atoms with Gasteiger partial charge in [0, 0.05) is 5.56 Å². The van der Waals surface area contributed by atoms with E-state index in [-0.39, 0.29) is 5.92 Å². The third-order valence-corrected chi connectivity index (χ3v) is 3.68. The van der Waals surface area contributed by atoms with Gasteiger partial charge in [0.25, 0.3) is 0 Å². The van der Waals surface area contributed by atoms with Gasteiger partial charge in [-0.25, -0.2) is 9.48 Å². The Bertz CT molecular complexity index is 670. The first kappa shape index (κ1) is 15.7. The quantitative estimate of drug-likeness (QED) is 0.778. The number of nitrogens with zero attached hydrogens (tertiary/aromatic N) is 4. The molecule has 0 aliphatic carbocycles. The van der Waals surface area contributed by atoms with E-state index in [4.69, 9.17) is 10.5 Å². The summed E-state index contributed by atoms with van der Waals surface area (Å²) in [5.41, 5.74) is 6.96. The van der Waals surface area contributed by atoms with Crippen molar-refractivity contribution >= 4 is 11.7 Å². The number of methoxy groups -OCH3 is 1. The normalized spacial score (nSPS) is 13.6. The van der Waals surface area contributed by atoms with E-state index in [1.165, 1.54) is 11.8 Å². The zero-order chi connectivity index (χ0) is 16.3. The number of benzene rings is 1. The van der Waals surface area contributed by atoms with Crippen LogP contribution in [0.4, 0.5) is 5.69 Å². The molecule has 0 saturated heterocycles. The third kappa shape index (κ3) is 2.85. The molecule has 0 fully saturated rings. The number of carboxylic acid groups (broad SMARTS) is 1. The van der Waals surface area contributed by atoms with Gasteiger partial charge in [0.2, 0.25) is 0 Å². The predicted molar refractivity (Wildman–Crippen MR) is 80.3 cm³/mol. The second-order valence-corrected chi connectivity index (χ2v) is 5.07. The van der Waals surface area contributed by atoms with Gasteiger partial charge in [0.15, 0.2) is 11.9 Å². The topological polar surface area (TPSA) is 116 Å². The van der Waals surface area contributed by atoms with Crippen molar-refractivity contribution in [3.05, 3.63) is 18.2 Å². The molecule has 2 aromatic rings. The Morgan fingerprint density at radius 3 is 2.77 bits per heavy atom. The molecule has 1 aromatic carbocycles. The van der Waals surface area contributed by atoms with Crippen molar-refractivity contribution in [1.29, 1.82) is 0 Å². The molecule has 3 N–H and O–H groups in total. The largest absolute Gasteiger partial charge is 0.495 e. The van der Waals surface area contributed by atoms with Crippen molar-refractivity contribution in [2.24, 2.45) is 5.92 Å². The molecule has 8 heteroatoms. The van der Waals surface area contributed by atoms with Gasteiger partial charge in [-0.05, 0) is 34.5 Å². The molecule has 2 unspecified atom stereocenters. The summed E-state index contributed by atoms with van der Waals surface area (Å²) in [4.78, 5) is 11.6. The average Bonchev–Trinajstić information content (AvgIpc) is 2.95. The van der Waals surface area contributed by atoms with Gasteiger partial charge in [-0.2, -0.15) is 0 Å². The molecule has 0 aliphatic heterocycles. The number of aliphatic carboxylic acids is 1. The minimum atomic E-state index is -0.968. The molecule has 0 radical (unpaired) electrons. The van der Waals surface area contributed by atoms with Crippen molar-refractivity contribution in [1.82, 2.24) is 20.2 Å². The lowest BCUT2D eigenvalue weighted by molar-refractivity contribution is -0.142. The number of aromatic nitrogens is 4. The first-order chi connectivity index (χ1) is 10.5. The zero-order valence-corrected chi connectivity index (χ0v) is 12.7. The molecule has 0 saturated carbocycles. The Labute approximate surface area is 127 Å². The number of nitrogens with two attached hydrogens (primary N) is 1. The Kier molecular flexibility index (Phi) is 4.59. The van der Waals surface area contributed by atoms with Crippen LogP contribution in [-0.2, 0) is 4.79 Å². The van der Waals surface area contributed by atoms with Crippen LogP contribution in [0.5, 0.6) is 5.75 Å². The van der Waals surface area contributed by atoms with Crippen LogP contribution in [-0.4, -0.2) is 38.4 Å². The Balaban J connectivity index is 2.48. The van der Waals surface area contributed by atoms with E-state index in [0.717, 1.165) is 0 Å². The number of carboxylic acids is 1. The molecule has 0 aliphatic rings. The molecule has 118 valence electrons. The summed E-state index contributed by atoms with van der Waals surface area (Å²) in [5, 5.41) is 20.9. The van der Waals surface area contributed by atoms with Crippen LogP contribution in [0.25, 0.3) is 11.4 Å². The van der Waals surface area contributed by atoms with Crippen LogP contribution in [0.2, 0.25) is 0 Å². The first-order valence-electron chi connectivity index (χ1n) is 6.94. The van der Waals surface area contributed by atoms with Gasteiger partial charge in [0.05, 0.1) is 12.8 Å². The molecular formula is C14H19N5O3. The summed E-state index contributed by atoms with van der Waals surface area (Å²) in [6.45, 7) is 3.78. The van der Waals surface area contributed by atoms with Crippen LogP contribution in [0.3, 0.4) is 0 Å². The second-order valence-electron chi connectivity index (χ2n) is 5.07. The van der Waals surface area contributed by atoms with Crippen molar-refractivity contribution < 1.29 is 14.6 Å². The standard InChI is InChI=1S/C14H19N5O3/c1-4-8(2)12(14(20)21)19-13(16-17-18-19)9-5-6-11(22-3)10(15)7-9/h5-8,12H,4,15H2,1-3H3,(H,20,21). The molecule has 1 heterocycles. The molecule has 8 nitrogen and oxygen atoms in total. The Morgan fingerprint density at radius 1 is 1.50 bits per heavy atom. The first-order valence-corrected chi connectivity index (χ1v) is 6.94. The number of hydrogen-bond acceptors (Lipinski definition) is 6. The van der Waals surface area contributed by atoms with Gasteiger partial charge in [-0.1, -0.05) is 20.3 Å². The van der Waals surface area contributed by atoms with Gasteiger partial charge in [-0.3, -0.25) is 0 Å². The van der Waals surface area contributed by atoms with E-state index >= 15 is 0 Å². The zero-order valence-electron chi connectivity index (χ0n) is 12.7. The fourth-order valence-electron chi connectivity index (χ4n) is 2.26. The highest BCUT2D eigenvalue weighted by molar-refractivity contribution is 5.74. The molecule has 2 atom stereocenters. The van der Waals surface area contributed by atoms with Crippen molar-refractivity contribution in [3.63, 3.8) is 0 Å². The highest BCUT2D eigenvalue weighted by atomic mass is 16.5. The summed E-state index contributed by atoms with van der Waals surface area (Å²) in [7, 11) is 1.53. The van der Waals surface area contributed by atoms with E-state index in [1.807, 2.05) is 13.8 Å². The second kappa shape index (κ2) is 6.42.